The van der Waals surface area contributed by atoms with E-state index in [4.69, 9.17) is 21.1 Å². The lowest BCUT2D eigenvalue weighted by molar-refractivity contribution is -0.118. The molecule has 1 saturated carbocycles. The molecule has 1 N–H and O–H groups in total. The molecule has 2 aliphatic heterocycles. The molecule has 6 rings (SSSR count). The lowest BCUT2D eigenvalue weighted by atomic mass is 9.71. The van der Waals surface area contributed by atoms with E-state index in [1.54, 1.807) is 7.11 Å². The molecule has 1 saturated heterocycles. The van der Waals surface area contributed by atoms with E-state index in [1.807, 2.05) is 86.3 Å². The van der Waals surface area contributed by atoms with Gasteiger partial charge in [-0.3, -0.25) is 4.79 Å². The number of nitrogens with zero attached hydrogens (tertiary/aromatic N) is 2. The Kier molecular flexibility index (Phi) is 7.75. The number of piperidine rings is 1. The van der Waals surface area contributed by atoms with Crippen molar-refractivity contribution in [2.45, 2.75) is 57.8 Å². The number of aliphatic hydroxyl groups is 1. The summed E-state index contributed by atoms with van der Waals surface area (Å²) in [6.07, 6.45) is 2.56. The van der Waals surface area contributed by atoms with Gasteiger partial charge in [0.05, 0.1) is 31.3 Å². The zero-order chi connectivity index (χ0) is 29.8. The molecule has 7 heteroatoms. The molecule has 2 fully saturated rings. The van der Waals surface area contributed by atoms with E-state index in [0.717, 1.165) is 41.0 Å². The van der Waals surface area contributed by atoms with Gasteiger partial charge in [0.2, 0.25) is 5.91 Å². The topological polar surface area (TPSA) is 62.2 Å². The van der Waals surface area contributed by atoms with Crippen molar-refractivity contribution in [1.29, 1.82) is 0 Å². The van der Waals surface area contributed by atoms with Crippen LogP contribution in [-0.4, -0.2) is 49.3 Å². The molecule has 2 unspecified atom stereocenters. The molecular formula is C35H41ClN2O4. The van der Waals surface area contributed by atoms with Crippen molar-refractivity contribution >= 4 is 23.2 Å². The number of methoxy groups -OCH3 is 1. The number of hydrogen-bond acceptors (Lipinski definition) is 5. The number of halogens is 1. The molecule has 1 amide bonds. The summed E-state index contributed by atoms with van der Waals surface area (Å²) in [6.45, 7) is 8.02. The van der Waals surface area contributed by atoms with Gasteiger partial charge in [-0.05, 0) is 117 Å². The van der Waals surface area contributed by atoms with Gasteiger partial charge in [0.1, 0.15) is 0 Å². The minimum atomic E-state index is -0.931. The minimum Gasteiger partial charge on any atom is -0.493 e. The first-order valence-electron chi connectivity index (χ1n) is 15.0. The summed E-state index contributed by atoms with van der Waals surface area (Å²) in [5.41, 5.74) is 3.63. The van der Waals surface area contributed by atoms with Gasteiger partial charge in [0.15, 0.2) is 11.5 Å². The van der Waals surface area contributed by atoms with Gasteiger partial charge in [0.25, 0.3) is 0 Å². The van der Waals surface area contributed by atoms with Crippen molar-refractivity contribution in [3.63, 3.8) is 0 Å². The second kappa shape index (κ2) is 11.2. The molecule has 5 atom stereocenters. The molecular weight excluding hydrogens is 548 g/mol. The van der Waals surface area contributed by atoms with Crippen molar-refractivity contribution in [2.24, 2.45) is 17.8 Å². The molecule has 3 aliphatic rings. The van der Waals surface area contributed by atoms with E-state index in [1.165, 1.54) is 12.8 Å². The molecule has 2 heterocycles. The second-order valence-corrected chi connectivity index (χ2v) is 13.2. The predicted molar refractivity (Wildman–Crippen MR) is 166 cm³/mol. The number of carbonyl (C=O) groups excluding carboxylic acids is 1. The van der Waals surface area contributed by atoms with Crippen molar-refractivity contribution in [3.8, 4) is 11.5 Å². The van der Waals surface area contributed by atoms with Crippen LogP contribution in [0.25, 0.3) is 0 Å². The lowest BCUT2D eigenvalue weighted by Crippen LogP contribution is -2.48. The summed E-state index contributed by atoms with van der Waals surface area (Å²) in [5, 5.41) is 12.6. The number of hydrogen-bond donors (Lipinski definition) is 1. The van der Waals surface area contributed by atoms with Crippen LogP contribution >= 0.6 is 11.6 Å². The monoisotopic (exact) mass is 588 g/mol. The third-order valence-electron chi connectivity index (χ3n) is 9.53. The van der Waals surface area contributed by atoms with Crippen molar-refractivity contribution in [3.05, 3.63) is 87.9 Å². The Morgan fingerprint density at radius 2 is 1.62 bits per heavy atom. The van der Waals surface area contributed by atoms with Crippen LogP contribution in [0.3, 0.4) is 0 Å². The van der Waals surface area contributed by atoms with E-state index in [2.05, 4.69) is 11.9 Å². The van der Waals surface area contributed by atoms with Crippen LogP contribution < -0.4 is 14.4 Å². The Bertz CT molecular complexity index is 1440. The summed E-state index contributed by atoms with van der Waals surface area (Å²) < 4.78 is 11.8. The molecule has 0 radical (unpaired) electrons. The quantitative estimate of drug-likeness (QED) is 0.336. The highest BCUT2D eigenvalue weighted by Crippen LogP contribution is 2.51. The molecule has 6 nitrogen and oxygen atoms in total. The number of benzene rings is 3. The number of carbonyl (C=O) groups is 1. The van der Waals surface area contributed by atoms with E-state index >= 15 is 0 Å². The Labute approximate surface area is 254 Å². The van der Waals surface area contributed by atoms with Crippen molar-refractivity contribution < 1.29 is 19.4 Å². The van der Waals surface area contributed by atoms with Gasteiger partial charge in [-0.25, -0.2) is 0 Å². The van der Waals surface area contributed by atoms with Gasteiger partial charge < -0.3 is 24.4 Å². The van der Waals surface area contributed by atoms with Crippen LogP contribution in [0.15, 0.2) is 60.7 Å². The molecule has 0 spiro atoms. The molecule has 42 heavy (non-hydrogen) atoms. The summed E-state index contributed by atoms with van der Waals surface area (Å²) >= 11 is 6.27. The molecule has 0 aromatic heterocycles. The summed E-state index contributed by atoms with van der Waals surface area (Å²) in [7, 11) is 3.81. The zero-order valence-electron chi connectivity index (χ0n) is 25.1. The number of amides is 1. The van der Waals surface area contributed by atoms with E-state index in [-0.39, 0.29) is 30.4 Å². The largest absolute Gasteiger partial charge is 0.493 e. The minimum absolute atomic E-state index is 0.00472. The summed E-state index contributed by atoms with van der Waals surface area (Å²) in [5.74, 6) is 2.50. The van der Waals surface area contributed by atoms with Crippen LogP contribution in [-0.2, 0) is 16.8 Å². The predicted octanol–water partition coefficient (Wildman–Crippen LogP) is 6.61. The average Bonchev–Trinajstić information content (AvgIpc) is 3.24. The fourth-order valence-corrected chi connectivity index (χ4v) is 7.98. The van der Waals surface area contributed by atoms with Crippen LogP contribution in [0, 0.1) is 17.8 Å². The lowest BCUT2D eigenvalue weighted by Gasteiger charge is -2.44. The first-order valence-corrected chi connectivity index (χ1v) is 15.4. The Hall–Kier alpha value is -3.06. The fourth-order valence-electron chi connectivity index (χ4n) is 7.86. The number of ether oxygens (including phenoxy) is 2. The van der Waals surface area contributed by atoms with Gasteiger partial charge in [-0.2, -0.15) is 0 Å². The highest BCUT2D eigenvalue weighted by molar-refractivity contribution is 6.30. The number of likely N-dealkylation sites (tertiary alicyclic amines) is 1. The molecule has 2 bridgehead atoms. The van der Waals surface area contributed by atoms with Crippen LogP contribution in [0.4, 0.5) is 5.69 Å². The maximum atomic E-state index is 13.9. The molecule has 3 aromatic rings. The van der Waals surface area contributed by atoms with E-state index in [0.29, 0.717) is 28.4 Å². The summed E-state index contributed by atoms with van der Waals surface area (Å²) in [4.78, 5) is 18.2. The maximum absolute atomic E-state index is 13.9. The SMILES string of the molecule is COc1cc2c(cc1OC(C)C)[C@H](c1ccc(Cl)cc1)N(c1ccc(C(C)(O)C3[C@@H]4CC[C@H]3CN(C)C4)cc1)C(=O)C2. The molecule has 222 valence electrons. The maximum Gasteiger partial charge on any atom is 0.232 e. The number of fused-ring (bicyclic) bond motifs is 3. The molecule has 3 aromatic carbocycles. The highest BCUT2D eigenvalue weighted by Gasteiger charge is 2.50. The second-order valence-electron chi connectivity index (χ2n) is 12.8. The van der Waals surface area contributed by atoms with Gasteiger partial charge in [0, 0.05) is 23.8 Å². The van der Waals surface area contributed by atoms with Crippen LogP contribution in [0.5, 0.6) is 11.5 Å². The number of rotatable bonds is 7. The Balaban J connectivity index is 1.39. The van der Waals surface area contributed by atoms with Crippen LogP contribution in [0.1, 0.15) is 61.9 Å². The van der Waals surface area contributed by atoms with Gasteiger partial charge >= 0.3 is 0 Å². The van der Waals surface area contributed by atoms with Crippen LogP contribution in [0.2, 0.25) is 5.02 Å². The van der Waals surface area contributed by atoms with Crippen molar-refractivity contribution in [1.82, 2.24) is 4.90 Å². The normalized spacial score (nSPS) is 25.3. The smallest absolute Gasteiger partial charge is 0.232 e. The van der Waals surface area contributed by atoms with E-state index in [9.17, 15) is 9.90 Å². The first kappa shape index (κ1) is 29.0. The average molecular weight is 589 g/mol. The fraction of sp³-hybridized carbons (Fsp3) is 0.457. The standard InChI is InChI=1S/C35H41ClN2O4/c1-21(2)42-31-18-29-25(16-30(31)41-5)17-32(39)38(34(29)22-8-12-27(36)13-9-22)28-14-10-26(11-15-28)35(3,40)33-23-6-7-24(33)20-37(4)19-23/h8-16,18,21,23-24,33-34,40H,6-7,17,19-20H2,1-5H3/t23-,24+,33?,34-,35?/m0/s1. The number of anilines is 1. The third kappa shape index (κ3) is 5.18. The Morgan fingerprint density at radius 3 is 2.21 bits per heavy atom. The highest BCUT2D eigenvalue weighted by atomic mass is 35.5. The van der Waals surface area contributed by atoms with Gasteiger partial charge in [-0.15, -0.1) is 0 Å². The zero-order valence-corrected chi connectivity index (χ0v) is 25.9. The Morgan fingerprint density at radius 1 is 0.976 bits per heavy atom. The molecule has 1 aliphatic carbocycles. The first-order chi connectivity index (χ1) is 20.1. The van der Waals surface area contributed by atoms with Gasteiger partial charge in [-0.1, -0.05) is 35.9 Å². The van der Waals surface area contributed by atoms with E-state index < -0.39 is 5.60 Å². The third-order valence-corrected chi connectivity index (χ3v) is 9.78. The van der Waals surface area contributed by atoms with Crippen molar-refractivity contribution in [2.75, 3.05) is 32.1 Å². The summed E-state index contributed by atoms with van der Waals surface area (Å²) in [6, 6.07) is 19.2.